The van der Waals surface area contributed by atoms with Gasteiger partial charge in [-0.05, 0) is 12.1 Å². The Bertz CT molecular complexity index is 743. The molecule has 2 rings (SSSR count). The number of anilines is 2. The standard InChI is InChI=1S/C15H17ClN4O2S2/c1-15(2,3)12(22)18-13-19-20-14(24-13)23-8-11(21)17-10-7-5-4-6-9(10)16/h4-7H,8H2,1-3H3,(H,17,21)(H,18,19,22). The minimum absolute atomic E-state index is 0.133. The first kappa shape index (κ1) is 18.7. The lowest BCUT2D eigenvalue weighted by Crippen LogP contribution is -2.27. The van der Waals surface area contributed by atoms with Gasteiger partial charge in [-0.15, -0.1) is 10.2 Å². The normalized spacial score (nSPS) is 11.2. The number of nitrogens with zero attached hydrogens (tertiary/aromatic N) is 2. The van der Waals surface area contributed by atoms with E-state index < -0.39 is 5.41 Å². The number of para-hydroxylation sites is 1. The number of carbonyl (C=O) groups is 2. The molecule has 2 N–H and O–H groups in total. The third-order valence-corrected chi connectivity index (χ3v) is 5.08. The fraction of sp³-hybridized carbons (Fsp3) is 0.333. The maximum atomic E-state index is 12.0. The van der Waals surface area contributed by atoms with Gasteiger partial charge < -0.3 is 10.6 Å². The average molecular weight is 385 g/mol. The molecule has 9 heteroatoms. The minimum atomic E-state index is -0.506. The second-order valence-electron chi connectivity index (χ2n) is 5.89. The molecule has 1 heterocycles. The van der Waals surface area contributed by atoms with Crippen molar-refractivity contribution in [3.05, 3.63) is 29.3 Å². The molecule has 0 aliphatic rings. The summed E-state index contributed by atoms with van der Waals surface area (Å²) in [4.78, 5) is 23.8. The molecule has 0 saturated heterocycles. The van der Waals surface area contributed by atoms with Crippen molar-refractivity contribution in [1.82, 2.24) is 10.2 Å². The first-order chi connectivity index (χ1) is 11.3. The highest BCUT2D eigenvalue weighted by atomic mass is 35.5. The largest absolute Gasteiger partial charge is 0.324 e. The van der Waals surface area contributed by atoms with Crippen LogP contribution in [0.4, 0.5) is 10.8 Å². The summed E-state index contributed by atoms with van der Waals surface area (Å²) in [6.07, 6.45) is 0. The van der Waals surface area contributed by atoms with Crippen LogP contribution in [0.25, 0.3) is 0 Å². The van der Waals surface area contributed by atoms with Crippen molar-refractivity contribution in [2.24, 2.45) is 5.41 Å². The summed E-state index contributed by atoms with van der Waals surface area (Å²) in [6.45, 7) is 5.45. The van der Waals surface area contributed by atoms with Crippen LogP contribution in [0, 0.1) is 5.41 Å². The molecule has 1 aromatic heterocycles. The summed E-state index contributed by atoms with van der Waals surface area (Å²) in [6, 6.07) is 7.03. The fourth-order valence-corrected chi connectivity index (χ4v) is 3.21. The Morgan fingerprint density at radius 1 is 1.21 bits per heavy atom. The van der Waals surface area contributed by atoms with Gasteiger partial charge in [0.15, 0.2) is 4.34 Å². The van der Waals surface area contributed by atoms with Gasteiger partial charge in [0, 0.05) is 5.41 Å². The number of amides is 2. The molecular weight excluding hydrogens is 368 g/mol. The topological polar surface area (TPSA) is 84.0 Å². The zero-order valence-electron chi connectivity index (χ0n) is 13.4. The molecule has 2 aromatic rings. The molecule has 24 heavy (non-hydrogen) atoms. The number of thioether (sulfide) groups is 1. The molecule has 0 saturated carbocycles. The Balaban J connectivity index is 1.86. The molecule has 0 spiro atoms. The first-order valence-corrected chi connectivity index (χ1v) is 9.26. The van der Waals surface area contributed by atoms with E-state index in [1.807, 2.05) is 20.8 Å². The molecule has 0 aliphatic carbocycles. The van der Waals surface area contributed by atoms with E-state index in [-0.39, 0.29) is 17.6 Å². The molecule has 0 aliphatic heterocycles. The van der Waals surface area contributed by atoms with Crippen molar-refractivity contribution in [3.8, 4) is 0 Å². The van der Waals surface area contributed by atoms with E-state index in [0.717, 1.165) is 0 Å². The predicted octanol–water partition coefficient (Wildman–Crippen LogP) is 3.91. The lowest BCUT2D eigenvalue weighted by atomic mass is 9.96. The van der Waals surface area contributed by atoms with Crippen molar-refractivity contribution in [2.45, 2.75) is 25.1 Å². The van der Waals surface area contributed by atoms with Crippen LogP contribution in [-0.4, -0.2) is 27.8 Å². The fourth-order valence-electron chi connectivity index (χ4n) is 1.48. The average Bonchev–Trinajstić information content (AvgIpc) is 2.94. The lowest BCUT2D eigenvalue weighted by Gasteiger charge is -2.15. The van der Waals surface area contributed by atoms with Crippen molar-refractivity contribution in [3.63, 3.8) is 0 Å². The number of hydrogen-bond acceptors (Lipinski definition) is 6. The van der Waals surface area contributed by atoms with Crippen molar-refractivity contribution >= 4 is 57.3 Å². The molecule has 0 radical (unpaired) electrons. The maximum absolute atomic E-state index is 12.0. The summed E-state index contributed by atoms with van der Waals surface area (Å²) in [7, 11) is 0. The van der Waals surface area contributed by atoms with Crippen LogP contribution in [0.3, 0.4) is 0 Å². The Labute approximate surface area is 153 Å². The van der Waals surface area contributed by atoms with Gasteiger partial charge in [0.1, 0.15) is 0 Å². The summed E-state index contributed by atoms with van der Waals surface area (Å²) in [5.41, 5.74) is 0.0635. The van der Waals surface area contributed by atoms with Crippen LogP contribution in [0.5, 0.6) is 0 Å². The molecule has 128 valence electrons. The van der Waals surface area contributed by atoms with E-state index in [9.17, 15) is 9.59 Å². The van der Waals surface area contributed by atoms with Gasteiger partial charge in [-0.1, -0.05) is 67.6 Å². The highest BCUT2D eigenvalue weighted by Crippen LogP contribution is 2.27. The highest BCUT2D eigenvalue weighted by molar-refractivity contribution is 8.01. The predicted molar refractivity (Wildman–Crippen MR) is 98.8 cm³/mol. The van der Waals surface area contributed by atoms with Crippen LogP contribution in [-0.2, 0) is 9.59 Å². The zero-order chi connectivity index (χ0) is 17.7. The first-order valence-electron chi connectivity index (χ1n) is 7.08. The molecule has 0 atom stereocenters. The maximum Gasteiger partial charge on any atom is 0.234 e. The van der Waals surface area contributed by atoms with Gasteiger partial charge in [0.2, 0.25) is 16.9 Å². The summed E-state index contributed by atoms with van der Waals surface area (Å²) < 4.78 is 0.605. The van der Waals surface area contributed by atoms with Gasteiger partial charge in [0.25, 0.3) is 0 Å². The van der Waals surface area contributed by atoms with E-state index in [0.29, 0.717) is 20.2 Å². The Morgan fingerprint density at radius 3 is 2.58 bits per heavy atom. The second kappa shape index (κ2) is 7.96. The van der Waals surface area contributed by atoms with Crippen LogP contribution in [0.15, 0.2) is 28.6 Å². The van der Waals surface area contributed by atoms with Gasteiger partial charge in [-0.25, -0.2) is 0 Å². The van der Waals surface area contributed by atoms with E-state index in [1.54, 1.807) is 24.3 Å². The van der Waals surface area contributed by atoms with E-state index in [4.69, 9.17) is 11.6 Å². The van der Waals surface area contributed by atoms with Crippen LogP contribution >= 0.6 is 34.7 Å². The van der Waals surface area contributed by atoms with Crippen molar-refractivity contribution in [2.75, 3.05) is 16.4 Å². The third-order valence-electron chi connectivity index (χ3n) is 2.78. The molecule has 0 unspecified atom stereocenters. The van der Waals surface area contributed by atoms with Crippen molar-refractivity contribution in [1.29, 1.82) is 0 Å². The number of benzene rings is 1. The molecule has 6 nitrogen and oxygen atoms in total. The van der Waals surface area contributed by atoms with Gasteiger partial charge in [0.05, 0.1) is 16.5 Å². The number of carbonyl (C=O) groups excluding carboxylic acids is 2. The SMILES string of the molecule is CC(C)(C)C(=O)Nc1nnc(SCC(=O)Nc2ccccc2Cl)s1. The minimum Gasteiger partial charge on any atom is -0.324 e. The molecule has 0 bridgehead atoms. The van der Waals surface area contributed by atoms with Crippen LogP contribution < -0.4 is 10.6 Å². The Morgan fingerprint density at radius 2 is 1.92 bits per heavy atom. The quantitative estimate of drug-likeness (QED) is 0.603. The molecule has 1 aromatic carbocycles. The third kappa shape index (κ3) is 5.47. The second-order valence-corrected chi connectivity index (χ2v) is 8.50. The number of halogens is 1. The van der Waals surface area contributed by atoms with Crippen LogP contribution in [0.2, 0.25) is 5.02 Å². The van der Waals surface area contributed by atoms with E-state index >= 15 is 0 Å². The Hall–Kier alpha value is -1.64. The molecular formula is C15H17ClN4O2S2. The van der Waals surface area contributed by atoms with Gasteiger partial charge in [-0.2, -0.15) is 0 Å². The van der Waals surface area contributed by atoms with Crippen molar-refractivity contribution < 1.29 is 9.59 Å². The summed E-state index contributed by atoms with van der Waals surface area (Å²) >= 11 is 8.47. The zero-order valence-corrected chi connectivity index (χ0v) is 15.8. The van der Waals surface area contributed by atoms with Crippen LogP contribution in [0.1, 0.15) is 20.8 Å². The number of aromatic nitrogens is 2. The number of rotatable bonds is 5. The Kier molecular flexibility index (Phi) is 6.20. The van der Waals surface area contributed by atoms with Gasteiger partial charge in [-0.3, -0.25) is 9.59 Å². The molecule has 0 fully saturated rings. The van der Waals surface area contributed by atoms with E-state index in [1.165, 1.54) is 23.1 Å². The summed E-state index contributed by atoms with van der Waals surface area (Å²) in [5.74, 6) is -0.150. The molecule has 2 amide bonds. The summed E-state index contributed by atoms with van der Waals surface area (Å²) in [5, 5.41) is 14.2. The number of hydrogen-bond donors (Lipinski definition) is 2. The number of nitrogens with one attached hydrogen (secondary N) is 2. The lowest BCUT2D eigenvalue weighted by molar-refractivity contribution is -0.123. The van der Waals surface area contributed by atoms with E-state index in [2.05, 4.69) is 20.8 Å². The smallest absolute Gasteiger partial charge is 0.234 e. The van der Waals surface area contributed by atoms with Gasteiger partial charge >= 0.3 is 0 Å². The highest BCUT2D eigenvalue weighted by Gasteiger charge is 2.22. The monoisotopic (exact) mass is 384 g/mol.